The molecule has 1 atom stereocenters. The van der Waals surface area contributed by atoms with Crippen LogP contribution in [0, 0.1) is 0 Å². The first-order chi connectivity index (χ1) is 9.63. The van der Waals surface area contributed by atoms with E-state index < -0.39 is 14.6 Å². The number of morpholine rings is 1. The van der Waals surface area contributed by atoms with Gasteiger partial charge in [0.25, 0.3) is 0 Å². The van der Waals surface area contributed by atoms with Crippen molar-refractivity contribution in [2.45, 2.75) is 31.6 Å². The average Bonchev–Trinajstić information content (AvgIpc) is 2.37. The van der Waals surface area contributed by atoms with Crippen LogP contribution in [0.15, 0.2) is 6.07 Å². The minimum absolute atomic E-state index is 0.0536. The molecule has 0 unspecified atom stereocenters. The zero-order valence-corrected chi connectivity index (χ0v) is 14.2. The van der Waals surface area contributed by atoms with E-state index in [9.17, 15) is 8.42 Å². The zero-order valence-electron chi connectivity index (χ0n) is 12.6. The van der Waals surface area contributed by atoms with E-state index in [0.717, 1.165) is 0 Å². The molecule has 118 valence electrons. The second kappa shape index (κ2) is 5.70. The molecule has 6 nitrogen and oxygen atoms in total. The fourth-order valence-electron chi connectivity index (χ4n) is 2.12. The van der Waals surface area contributed by atoms with Gasteiger partial charge in [-0.15, -0.1) is 0 Å². The number of nitrogens with zero attached hydrogens (tertiary/aromatic N) is 3. The maximum atomic E-state index is 12.0. The molecule has 0 aromatic carbocycles. The Labute approximate surface area is 130 Å². The molecule has 21 heavy (non-hydrogen) atoms. The quantitative estimate of drug-likeness (QED) is 0.783. The van der Waals surface area contributed by atoms with Gasteiger partial charge < -0.3 is 9.64 Å². The lowest BCUT2D eigenvalue weighted by molar-refractivity contribution is 0.0985. The van der Waals surface area contributed by atoms with Gasteiger partial charge in [-0.1, -0.05) is 0 Å². The molecule has 1 aromatic heterocycles. The van der Waals surface area contributed by atoms with E-state index in [4.69, 9.17) is 16.3 Å². The van der Waals surface area contributed by atoms with Gasteiger partial charge in [0.1, 0.15) is 10.6 Å². The second-order valence-electron chi connectivity index (χ2n) is 5.78. The summed E-state index contributed by atoms with van der Waals surface area (Å²) in [7, 11) is -3.33. The molecule has 0 aliphatic carbocycles. The SMILES string of the molecule is C[C@@H]1COCCN1c1cc(C(C)(C)S(C)(=O)=O)nc(Cl)n1. The first-order valence-electron chi connectivity index (χ1n) is 6.72. The van der Waals surface area contributed by atoms with Crippen molar-refractivity contribution in [1.82, 2.24) is 9.97 Å². The second-order valence-corrected chi connectivity index (χ2v) is 8.68. The van der Waals surface area contributed by atoms with Crippen molar-refractivity contribution < 1.29 is 13.2 Å². The highest BCUT2D eigenvalue weighted by atomic mass is 35.5. The van der Waals surface area contributed by atoms with E-state index in [-0.39, 0.29) is 11.3 Å². The zero-order chi connectivity index (χ0) is 15.8. The molecular weight excluding hydrogens is 314 g/mol. The van der Waals surface area contributed by atoms with Gasteiger partial charge in [0.15, 0.2) is 9.84 Å². The number of anilines is 1. The standard InChI is InChI=1S/C13H20ClN3O3S/c1-9-8-20-6-5-17(9)11-7-10(15-12(14)16-11)13(2,3)21(4,18)19/h7,9H,5-6,8H2,1-4H3/t9-/m1/s1. The molecule has 1 saturated heterocycles. The van der Waals surface area contributed by atoms with E-state index >= 15 is 0 Å². The fourth-order valence-corrected chi connectivity index (χ4v) is 2.78. The monoisotopic (exact) mass is 333 g/mol. The Morgan fingerprint density at radius 2 is 2.10 bits per heavy atom. The summed E-state index contributed by atoms with van der Waals surface area (Å²) in [6.45, 7) is 7.16. The topological polar surface area (TPSA) is 72.4 Å². The van der Waals surface area contributed by atoms with Crippen LogP contribution < -0.4 is 4.90 Å². The molecule has 0 amide bonds. The third-order valence-electron chi connectivity index (χ3n) is 3.89. The van der Waals surface area contributed by atoms with Crippen molar-refractivity contribution in [1.29, 1.82) is 0 Å². The Bertz CT molecular complexity index is 634. The van der Waals surface area contributed by atoms with Gasteiger partial charge in [-0.25, -0.2) is 18.4 Å². The molecule has 1 aromatic rings. The predicted molar refractivity (Wildman–Crippen MR) is 82.5 cm³/mol. The summed E-state index contributed by atoms with van der Waals surface area (Å²) in [6.07, 6.45) is 1.19. The molecule has 2 rings (SSSR count). The van der Waals surface area contributed by atoms with Crippen LogP contribution in [0.2, 0.25) is 5.28 Å². The third-order valence-corrected chi connectivity index (χ3v) is 6.12. The Balaban J connectivity index is 2.47. The molecule has 0 radical (unpaired) electrons. The van der Waals surface area contributed by atoms with Gasteiger partial charge in [-0.2, -0.15) is 0 Å². The summed E-state index contributed by atoms with van der Waals surface area (Å²) in [5.41, 5.74) is 0.402. The number of ether oxygens (including phenoxy) is 1. The highest BCUT2D eigenvalue weighted by molar-refractivity contribution is 7.91. The molecule has 0 N–H and O–H groups in total. The summed E-state index contributed by atoms with van der Waals surface area (Å²) < 4.78 is 28.2. The lowest BCUT2D eigenvalue weighted by Gasteiger charge is -2.35. The minimum atomic E-state index is -3.33. The Hall–Kier alpha value is -0.920. The predicted octanol–water partition coefficient (Wildman–Crippen LogP) is 1.63. The Kier molecular flexibility index (Phi) is 4.46. The molecule has 8 heteroatoms. The van der Waals surface area contributed by atoms with Crippen molar-refractivity contribution in [3.63, 3.8) is 0 Å². The summed E-state index contributed by atoms with van der Waals surface area (Å²) in [5, 5.41) is 0.0536. The number of aromatic nitrogens is 2. The normalized spacial score (nSPS) is 20.6. The van der Waals surface area contributed by atoms with E-state index in [0.29, 0.717) is 31.3 Å². The molecule has 1 aliphatic rings. The summed E-state index contributed by atoms with van der Waals surface area (Å²) >= 11 is 6.00. The van der Waals surface area contributed by atoms with E-state index in [2.05, 4.69) is 14.9 Å². The summed E-state index contributed by atoms with van der Waals surface area (Å²) in [5.74, 6) is 0.637. The smallest absolute Gasteiger partial charge is 0.224 e. The van der Waals surface area contributed by atoms with Gasteiger partial charge >= 0.3 is 0 Å². The molecule has 2 heterocycles. The molecule has 0 bridgehead atoms. The van der Waals surface area contributed by atoms with Gasteiger partial charge in [-0.05, 0) is 32.4 Å². The van der Waals surface area contributed by atoms with Crippen LogP contribution >= 0.6 is 11.6 Å². The molecular formula is C13H20ClN3O3S. The van der Waals surface area contributed by atoms with Gasteiger partial charge in [0.05, 0.1) is 24.9 Å². The average molecular weight is 334 g/mol. The van der Waals surface area contributed by atoms with Crippen molar-refractivity contribution in [3.05, 3.63) is 17.0 Å². The van der Waals surface area contributed by atoms with Crippen LogP contribution in [0.1, 0.15) is 26.5 Å². The number of hydrogen-bond acceptors (Lipinski definition) is 6. The van der Waals surface area contributed by atoms with E-state index in [1.165, 1.54) is 6.26 Å². The third kappa shape index (κ3) is 3.30. The molecule has 1 aliphatic heterocycles. The van der Waals surface area contributed by atoms with Crippen molar-refractivity contribution in [3.8, 4) is 0 Å². The lowest BCUT2D eigenvalue weighted by atomic mass is 10.1. The van der Waals surface area contributed by atoms with Gasteiger partial charge in [0, 0.05) is 18.9 Å². The van der Waals surface area contributed by atoms with Crippen LogP contribution in [0.25, 0.3) is 0 Å². The largest absolute Gasteiger partial charge is 0.377 e. The number of halogens is 1. The summed E-state index contributed by atoms with van der Waals surface area (Å²) in [4.78, 5) is 10.4. The van der Waals surface area contributed by atoms with Gasteiger partial charge in [0.2, 0.25) is 5.28 Å². The lowest BCUT2D eigenvalue weighted by Crippen LogP contribution is -2.44. The first-order valence-corrected chi connectivity index (χ1v) is 8.99. The molecule has 1 fully saturated rings. The maximum absolute atomic E-state index is 12.0. The van der Waals surface area contributed by atoms with Crippen LogP contribution in [0.5, 0.6) is 0 Å². The molecule has 0 saturated carbocycles. The summed E-state index contributed by atoms with van der Waals surface area (Å²) in [6, 6.07) is 1.85. The number of hydrogen-bond donors (Lipinski definition) is 0. The highest BCUT2D eigenvalue weighted by Gasteiger charge is 2.35. The first kappa shape index (κ1) is 16.5. The maximum Gasteiger partial charge on any atom is 0.224 e. The van der Waals surface area contributed by atoms with E-state index in [1.54, 1.807) is 19.9 Å². The fraction of sp³-hybridized carbons (Fsp3) is 0.692. The van der Waals surface area contributed by atoms with Crippen LogP contribution in [-0.4, -0.2) is 50.4 Å². The number of sulfone groups is 1. The van der Waals surface area contributed by atoms with Crippen LogP contribution in [-0.2, 0) is 19.3 Å². The van der Waals surface area contributed by atoms with Crippen molar-refractivity contribution >= 4 is 27.3 Å². The Morgan fingerprint density at radius 3 is 2.67 bits per heavy atom. The Morgan fingerprint density at radius 1 is 1.43 bits per heavy atom. The van der Waals surface area contributed by atoms with Crippen LogP contribution in [0.4, 0.5) is 5.82 Å². The minimum Gasteiger partial charge on any atom is -0.377 e. The number of rotatable bonds is 3. The van der Waals surface area contributed by atoms with Crippen molar-refractivity contribution in [2.75, 3.05) is 30.9 Å². The van der Waals surface area contributed by atoms with E-state index in [1.807, 2.05) is 6.92 Å². The highest BCUT2D eigenvalue weighted by Crippen LogP contribution is 2.31. The van der Waals surface area contributed by atoms with Gasteiger partial charge in [-0.3, -0.25) is 0 Å². The van der Waals surface area contributed by atoms with Crippen molar-refractivity contribution in [2.24, 2.45) is 0 Å². The van der Waals surface area contributed by atoms with Crippen LogP contribution in [0.3, 0.4) is 0 Å². The molecule has 0 spiro atoms.